The molecule has 0 aliphatic rings. The zero-order valence-corrected chi connectivity index (χ0v) is 7.27. The molecule has 48 valence electrons. The first kappa shape index (κ1) is 6.94. The lowest BCUT2D eigenvalue weighted by Crippen LogP contribution is -2.15. The van der Waals surface area contributed by atoms with Crippen LogP contribution >= 0.6 is 15.9 Å². The molecule has 0 aromatic carbocycles. The summed E-state index contributed by atoms with van der Waals surface area (Å²) in [7, 11) is 2.11. The lowest BCUT2D eigenvalue weighted by Gasteiger charge is -2.01. The molecule has 0 saturated carbocycles. The molecule has 0 atom stereocenters. The van der Waals surface area contributed by atoms with Crippen molar-refractivity contribution < 1.29 is 0 Å². The number of rotatable bonds is 1. The molecule has 0 fully saturated rings. The second kappa shape index (κ2) is 2.61. The minimum Gasteiger partial charge on any atom is -0.349 e. The van der Waals surface area contributed by atoms with Crippen LogP contribution in [0.4, 0.5) is 0 Å². The summed E-state index contributed by atoms with van der Waals surface area (Å²) in [6.45, 7) is 3.18. The zero-order chi connectivity index (χ0) is 6.85. The summed E-state index contributed by atoms with van der Waals surface area (Å²) in [6, 6.07) is 4.17. The highest BCUT2D eigenvalue weighted by molar-refractivity contribution is 9.10. The van der Waals surface area contributed by atoms with Gasteiger partial charge in [-0.2, -0.15) is 0 Å². The highest BCUT2D eigenvalue weighted by atomic mass is 79.9. The minimum atomic E-state index is 1.04. The van der Waals surface area contributed by atoms with Gasteiger partial charge in [0.15, 0.2) is 7.85 Å². The van der Waals surface area contributed by atoms with Crippen molar-refractivity contribution in [3.63, 3.8) is 0 Å². The molecule has 0 bridgehead atoms. The Balaban J connectivity index is 3.07. The third-order valence-corrected chi connectivity index (χ3v) is 2.15. The molecule has 9 heavy (non-hydrogen) atoms. The highest BCUT2D eigenvalue weighted by Gasteiger charge is 1.96. The fourth-order valence-corrected chi connectivity index (χ4v) is 1.60. The number of hydrogen-bond donors (Lipinski definition) is 0. The van der Waals surface area contributed by atoms with Gasteiger partial charge < -0.3 is 4.57 Å². The molecular weight excluding hydrogens is 177 g/mol. The molecule has 0 radical (unpaired) electrons. The normalized spacial score (nSPS) is 10.0. The topological polar surface area (TPSA) is 4.93 Å². The Hall–Kier alpha value is -0.175. The van der Waals surface area contributed by atoms with Crippen LogP contribution in [0.3, 0.4) is 0 Å². The fourth-order valence-electron chi connectivity index (χ4n) is 0.938. The van der Waals surface area contributed by atoms with Gasteiger partial charge >= 0.3 is 0 Å². The van der Waals surface area contributed by atoms with Crippen molar-refractivity contribution in [2.24, 2.45) is 0 Å². The largest absolute Gasteiger partial charge is 0.349 e. The van der Waals surface area contributed by atoms with E-state index in [1.54, 1.807) is 0 Å². The summed E-state index contributed by atoms with van der Waals surface area (Å²) in [5.74, 6) is 0. The molecule has 0 saturated heterocycles. The van der Waals surface area contributed by atoms with E-state index in [1.165, 1.54) is 10.2 Å². The lowest BCUT2D eigenvalue weighted by molar-refractivity contribution is 0.772. The standard InChI is InChI=1S/C6H9BBrN/c1-2-9-5(7)3-4-6(9)8/h3-4H,2,7H2,1H3. The zero-order valence-electron chi connectivity index (χ0n) is 5.69. The second-order valence-electron chi connectivity index (χ2n) is 2.04. The molecule has 0 unspecified atom stereocenters. The van der Waals surface area contributed by atoms with Crippen molar-refractivity contribution >= 4 is 29.4 Å². The summed E-state index contributed by atoms with van der Waals surface area (Å²) in [5, 5.41) is 0. The highest BCUT2D eigenvalue weighted by Crippen LogP contribution is 2.06. The number of nitrogens with zero attached hydrogens (tertiary/aromatic N) is 1. The third-order valence-electron chi connectivity index (χ3n) is 1.46. The van der Waals surface area contributed by atoms with Gasteiger partial charge in [-0.25, -0.2) is 0 Å². The van der Waals surface area contributed by atoms with Crippen LogP contribution in [0.1, 0.15) is 6.92 Å². The lowest BCUT2D eigenvalue weighted by atomic mass is 10.1. The van der Waals surface area contributed by atoms with Crippen molar-refractivity contribution in [3.05, 3.63) is 16.7 Å². The molecule has 1 rings (SSSR count). The Kier molecular flexibility index (Phi) is 2.01. The van der Waals surface area contributed by atoms with Gasteiger partial charge in [0.25, 0.3) is 0 Å². The van der Waals surface area contributed by atoms with Crippen LogP contribution in [0.5, 0.6) is 0 Å². The van der Waals surface area contributed by atoms with E-state index in [-0.39, 0.29) is 0 Å². The van der Waals surface area contributed by atoms with Crippen LogP contribution in [0.2, 0.25) is 0 Å². The van der Waals surface area contributed by atoms with Gasteiger partial charge in [-0.15, -0.1) is 0 Å². The van der Waals surface area contributed by atoms with Gasteiger partial charge in [-0.1, -0.05) is 6.07 Å². The summed E-state index contributed by atoms with van der Waals surface area (Å²) in [5.41, 5.74) is 1.31. The quantitative estimate of drug-likeness (QED) is 0.563. The molecule has 0 spiro atoms. The van der Waals surface area contributed by atoms with Crippen molar-refractivity contribution in [1.82, 2.24) is 4.57 Å². The predicted octanol–water partition coefficient (Wildman–Crippen LogP) is 0.529. The SMILES string of the molecule is Bc1ccc(Br)n1CC. The van der Waals surface area contributed by atoms with E-state index < -0.39 is 0 Å². The van der Waals surface area contributed by atoms with Crippen LogP contribution < -0.4 is 5.59 Å². The van der Waals surface area contributed by atoms with E-state index in [0.717, 1.165) is 6.54 Å². The molecule has 1 nitrogen and oxygen atoms in total. The molecule has 0 N–H and O–H groups in total. The van der Waals surface area contributed by atoms with Crippen molar-refractivity contribution in [2.75, 3.05) is 0 Å². The van der Waals surface area contributed by atoms with Gasteiger partial charge in [0.05, 0.1) is 4.60 Å². The Bertz CT molecular complexity index is 187. The first-order valence-corrected chi connectivity index (χ1v) is 3.86. The Morgan fingerprint density at radius 1 is 1.67 bits per heavy atom. The van der Waals surface area contributed by atoms with Crippen molar-refractivity contribution in [3.8, 4) is 0 Å². The van der Waals surface area contributed by atoms with E-state index in [4.69, 9.17) is 0 Å². The summed E-state index contributed by atoms with van der Waals surface area (Å²) in [4.78, 5) is 0. The third kappa shape index (κ3) is 1.21. The van der Waals surface area contributed by atoms with Crippen LogP contribution in [-0.2, 0) is 6.54 Å². The Morgan fingerprint density at radius 2 is 2.33 bits per heavy atom. The maximum atomic E-state index is 3.44. The van der Waals surface area contributed by atoms with Gasteiger partial charge in [0, 0.05) is 6.54 Å². The molecule has 0 amide bonds. The van der Waals surface area contributed by atoms with Crippen LogP contribution in [0.15, 0.2) is 16.7 Å². The van der Waals surface area contributed by atoms with Crippen LogP contribution in [-0.4, -0.2) is 12.4 Å². The summed E-state index contributed by atoms with van der Waals surface area (Å²) < 4.78 is 3.38. The first-order valence-electron chi connectivity index (χ1n) is 3.07. The molecule has 3 heteroatoms. The van der Waals surface area contributed by atoms with E-state index in [1.807, 2.05) is 0 Å². The molecule has 1 aromatic rings. The molecule has 0 aliphatic carbocycles. The molecule has 1 heterocycles. The van der Waals surface area contributed by atoms with E-state index >= 15 is 0 Å². The van der Waals surface area contributed by atoms with Crippen LogP contribution in [0, 0.1) is 0 Å². The monoisotopic (exact) mass is 185 g/mol. The maximum Gasteiger partial charge on any atom is 0.161 e. The summed E-state index contributed by atoms with van der Waals surface area (Å²) in [6.07, 6.45) is 0. The Morgan fingerprint density at radius 3 is 2.56 bits per heavy atom. The van der Waals surface area contributed by atoms with Gasteiger partial charge in [-0.05, 0) is 34.5 Å². The second-order valence-corrected chi connectivity index (χ2v) is 2.85. The van der Waals surface area contributed by atoms with Gasteiger partial charge in [-0.3, -0.25) is 0 Å². The average Bonchev–Trinajstić information content (AvgIpc) is 2.12. The van der Waals surface area contributed by atoms with Crippen molar-refractivity contribution in [1.29, 1.82) is 0 Å². The van der Waals surface area contributed by atoms with Crippen LogP contribution in [0.25, 0.3) is 0 Å². The first-order chi connectivity index (χ1) is 4.25. The van der Waals surface area contributed by atoms with E-state index in [9.17, 15) is 0 Å². The predicted molar refractivity (Wildman–Crippen MR) is 46.0 cm³/mol. The number of halogens is 1. The van der Waals surface area contributed by atoms with Gasteiger partial charge in [0.1, 0.15) is 0 Å². The fraction of sp³-hybridized carbons (Fsp3) is 0.333. The van der Waals surface area contributed by atoms with Crippen molar-refractivity contribution in [2.45, 2.75) is 13.5 Å². The molecule has 1 aromatic heterocycles. The summed E-state index contributed by atoms with van der Waals surface area (Å²) >= 11 is 3.44. The minimum absolute atomic E-state index is 1.04. The smallest absolute Gasteiger partial charge is 0.161 e. The van der Waals surface area contributed by atoms with E-state index in [0.29, 0.717) is 0 Å². The maximum absolute atomic E-state index is 3.44. The Labute approximate surface area is 64.6 Å². The molecular formula is C6H9BBrN. The number of aromatic nitrogens is 1. The van der Waals surface area contributed by atoms with E-state index in [2.05, 4.69) is 47.4 Å². The van der Waals surface area contributed by atoms with Gasteiger partial charge in [0.2, 0.25) is 0 Å². The molecule has 0 aliphatic heterocycles. The average molecular weight is 186 g/mol. The number of hydrogen-bond acceptors (Lipinski definition) is 0.